The molecule has 1 aliphatic heterocycles. The largest absolute Gasteiger partial charge is 0.459 e. The summed E-state index contributed by atoms with van der Waals surface area (Å²) in [6, 6.07) is 32.3. The maximum Gasteiger partial charge on any atom is 0.269 e. The number of ether oxygens (including phenoxy) is 3. The third-order valence-electron chi connectivity index (χ3n) is 16.3. The summed E-state index contributed by atoms with van der Waals surface area (Å²) in [4.78, 5) is 35.2. The van der Waals surface area contributed by atoms with Gasteiger partial charge in [-0.15, -0.1) is 6.58 Å². The molecule has 410 valence electrons. The SMILES string of the molecule is C=CCOC12Oc3ccc(Oc4ccc(C)c(C)c4)cc3C3C(CCCCO)C(CCCCO)C=C(C(=NOCc4ccc([N+](=O)[O-])cc4)CC1N(Cc1cccc4ccccc14)C(=O)CCCCCCCCCCC)C32. The Morgan fingerprint density at radius 3 is 2.26 bits per heavy atom. The first-order valence-electron chi connectivity index (χ1n) is 28.5. The maximum atomic E-state index is 15.7. The molecule has 2 N–H and O–H groups in total. The van der Waals surface area contributed by atoms with Gasteiger partial charge in [-0.2, -0.15) is 0 Å². The Labute approximate surface area is 456 Å². The smallest absolute Gasteiger partial charge is 0.269 e. The van der Waals surface area contributed by atoms with Crippen LogP contribution in [0.5, 0.6) is 17.2 Å². The van der Waals surface area contributed by atoms with E-state index in [1.54, 1.807) is 18.2 Å². The molecule has 6 atom stereocenters. The van der Waals surface area contributed by atoms with Crippen molar-refractivity contribution in [2.24, 2.45) is 22.9 Å². The lowest BCUT2D eigenvalue weighted by molar-refractivity contribution is -0.384. The van der Waals surface area contributed by atoms with E-state index in [1.807, 2.05) is 35.2 Å². The minimum atomic E-state index is -1.45. The van der Waals surface area contributed by atoms with Crippen molar-refractivity contribution in [2.75, 3.05) is 19.8 Å². The molecule has 0 radical (unpaired) electrons. The second-order valence-corrected chi connectivity index (χ2v) is 21.6. The van der Waals surface area contributed by atoms with Gasteiger partial charge in [-0.3, -0.25) is 14.9 Å². The van der Waals surface area contributed by atoms with Crippen LogP contribution < -0.4 is 9.47 Å². The number of nitro groups is 1. The third kappa shape index (κ3) is 13.9. The number of rotatable bonds is 30. The zero-order valence-electron chi connectivity index (χ0n) is 45.7. The Morgan fingerprint density at radius 2 is 1.53 bits per heavy atom. The Bertz CT molecular complexity index is 2820. The van der Waals surface area contributed by atoms with Crippen LogP contribution in [-0.4, -0.2) is 63.3 Å². The number of aryl methyl sites for hydroxylation is 2. The molecule has 3 aliphatic rings. The number of aliphatic hydroxyl groups excluding tert-OH is 2. The van der Waals surface area contributed by atoms with Crippen molar-refractivity contribution in [3.05, 3.63) is 165 Å². The molecule has 6 unspecified atom stereocenters. The van der Waals surface area contributed by atoms with Gasteiger partial charge >= 0.3 is 0 Å². The summed E-state index contributed by atoms with van der Waals surface area (Å²) in [6.45, 7) is 11.2. The first-order chi connectivity index (χ1) is 37.6. The predicted octanol–water partition coefficient (Wildman–Crippen LogP) is 14.9. The van der Waals surface area contributed by atoms with Crippen LogP contribution in [-0.2, 0) is 27.5 Å². The average Bonchev–Trinajstić information content (AvgIpc) is 3.63. The molecule has 0 spiro atoms. The van der Waals surface area contributed by atoms with E-state index in [4.69, 9.17) is 24.2 Å². The van der Waals surface area contributed by atoms with Crippen LogP contribution in [0, 0.1) is 41.7 Å². The van der Waals surface area contributed by atoms with Crippen molar-refractivity contribution in [2.45, 2.75) is 161 Å². The first kappa shape index (κ1) is 56.9. The summed E-state index contributed by atoms with van der Waals surface area (Å²) >= 11 is 0. The molecule has 12 heteroatoms. The number of nitro benzene ring substituents is 1. The van der Waals surface area contributed by atoms with Crippen molar-refractivity contribution in [1.29, 1.82) is 0 Å². The fourth-order valence-corrected chi connectivity index (χ4v) is 12.2. The van der Waals surface area contributed by atoms with Gasteiger partial charge in [-0.1, -0.05) is 137 Å². The van der Waals surface area contributed by atoms with Crippen molar-refractivity contribution < 1.29 is 39.0 Å². The Morgan fingerprint density at radius 1 is 0.831 bits per heavy atom. The Hall–Kier alpha value is -6.34. The van der Waals surface area contributed by atoms with Crippen molar-refractivity contribution in [3.63, 3.8) is 0 Å². The molecule has 8 rings (SSSR count). The highest BCUT2D eigenvalue weighted by Gasteiger charge is 2.65. The third-order valence-corrected chi connectivity index (χ3v) is 16.3. The van der Waals surface area contributed by atoms with Crippen molar-refractivity contribution in [1.82, 2.24) is 4.90 Å². The van der Waals surface area contributed by atoms with Gasteiger partial charge in [0.15, 0.2) is 0 Å². The molecule has 0 bridgehead atoms. The summed E-state index contributed by atoms with van der Waals surface area (Å²) in [6.07, 6.45) is 19.3. The van der Waals surface area contributed by atoms with Crippen LogP contribution >= 0.6 is 0 Å². The van der Waals surface area contributed by atoms with Crippen molar-refractivity contribution in [3.8, 4) is 17.2 Å². The van der Waals surface area contributed by atoms with Gasteiger partial charge in [0.25, 0.3) is 5.69 Å². The second kappa shape index (κ2) is 27.8. The van der Waals surface area contributed by atoms with E-state index in [9.17, 15) is 20.3 Å². The van der Waals surface area contributed by atoms with Crippen LogP contribution in [0.4, 0.5) is 5.69 Å². The minimum absolute atomic E-state index is 0.00584. The second-order valence-electron chi connectivity index (χ2n) is 21.6. The lowest BCUT2D eigenvalue weighted by Gasteiger charge is -2.60. The first-order valence-corrected chi connectivity index (χ1v) is 28.5. The number of amides is 1. The van der Waals surface area contributed by atoms with Crippen LogP contribution in [0.2, 0.25) is 0 Å². The number of non-ortho nitro benzene ring substituents is 1. The number of carbonyl (C=O) groups is 1. The van der Waals surface area contributed by atoms with Gasteiger partial charge in [0.2, 0.25) is 11.7 Å². The molecular weight excluding hydrogens is 967 g/mol. The highest BCUT2D eigenvalue weighted by molar-refractivity contribution is 6.03. The summed E-state index contributed by atoms with van der Waals surface area (Å²) in [5, 5.41) is 39.1. The van der Waals surface area contributed by atoms with E-state index in [1.165, 1.54) is 49.8 Å². The molecule has 0 saturated heterocycles. The highest BCUT2D eigenvalue weighted by atomic mass is 16.7. The number of hydrogen-bond donors (Lipinski definition) is 2. The maximum absolute atomic E-state index is 15.7. The molecular formula is C65H81N3O9. The number of unbranched alkanes of at least 4 members (excludes halogenated alkanes) is 10. The summed E-state index contributed by atoms with van der Waals surface area (Å²) in [5.41, 5.74) is 6.59. The van der Waals surface area contributed by atoms with E-state index in [0.717, 1.165) is 95.7 Å². The normalized spacial score (nSPS) is 20.9. The zero-order valence-corrected chi connectivity index (χ0v) is 45.7. The number of allylic oxidation sites excluding steroid dienone is 1. The molecule has 5 aromatic carbocycles. The predicted molar refractivity (Wildman–Crippen MR) is 305 cm³/mol. The number of oxime groups is 1. The van der Waals surface area contributed by atoms with E-state index < -0.39 is 22.7 Å². The Kier molecular flexibility index (Phi) is 20.5. The molecule has 1 heterocycles. The average molecular weight is 1050 g/mol. The summed E-state index contributed by atoms with van der Waals surface area (Å²) in [5.74, 6) is -0.117. The molecule has 1 saturated carbocycles. The lowest BCUT2D eigenvalue weighted by atomic mass is 9.55. The lowest BCUT2D eigenvalue weighted by Crippen LogP contribution is -2.70. The van der Waals surface area contributed by atoms with Crippen LogP contribution in [0.1, 0.15) is 150 Å². The number of hydrogen-bond acceptors (Lipinski definition) is 10. The molecule has 5 aromatic rings. The van der Waals surface area contributed by atoms with Gasteiger partial charge in [0, 0.05) is 56.2 Å². The number of benzene rings is 5. The molecule has 1 amide bonds. The number of nitrogens with zero attached hydrogens (tertiary/aromatic N) is 3. The molecule has 1 fully saturated rings. The van der Waals surface area contributed by atoms with E-state index in [2.05, 4.69) is 82.0 Å². The standard InChI is InChI=1S/C65H81N3O9/c1-5-7-8-9-10-11-12-13-14-28-62(71)67(44-51-25-21-24-49-22-15-16-26-55(49)51)61-43-59(66-75-45-48-30-32-52(33-31-48)68(72)73)57-41-50(23-17-19-37-69)56(27-18-20-38-70)63-58-42-54(76-53-34-29-46(3)47(4)40-53)35-36-60(58)77-65(61,64(57)63)74-39-6-2/h6,15-16,21-22,24-26,29-36,40-42,50,56,61,63-64,69-70H,2,5,7-14,17-20,23,27-28,37-39,43-45H2,1,3-4H3. The Balaban J connectivity index is 1.30. The van der Waals surface area contributed by atoms with Crippen molar-refractivity contribution >= 4 is 28.1 Å². The van der Waals surface area contributed by atoms with Gasteiger partial charge in [-0.25, -0.2) is 0 Å². The fraction of sp³-hybridized carbons (Fsp3) is 0.477. The van der Waals surface area contributed by atoms with Gasteiger partial charge in [0.05, 0.1) is 23.2 Å². The number of fused-ring (bicyclic) bond motifs is 3. The minimum Gasteiger partial charge on any atom is -0.459 e. The van der Waals surface area contributed by atoms with Crippen LogP contribution in [0.3, 0.4) is 0 Å². The van der Waals surface area contributed by atoms with Crippen LogP contribution in [0.25, 0.3) is 10.8 Å². The highest BCUT2D eigenvalue weighted by Crippen LogP contribution is 2.62. The summed E-state index contributed by atoms with van der Waals surface area (Å²) < 4.78 is 21.7. The number of carbonyl (C=O) groups excluding carboxylic acids is 1. The fourth-order valence-electron chi connectivity index (χ4n) is 12.2. The topological polar surface area (TPSA) is 153 Å². The van der Waals surface area contributed by atoms with E-state index in [-0.39, 0.29) is 68.7 Å². The molecule has 77 heavy (non-hydrogen) atoms. The zero-order chi connectivity index (χ0) is 54.2. The van der Waals surface area contributed by atoms with Crippen LogP contribution in [0.15, 0.2) is 133 Å². The quantitative estimate of drug-likeness (QED) is 0.0198. The monoisotopic (exact) mass is 1050 g/mol. The summed E-state index contributed by atoms with van der Waals surface area (Å²) in [7, 11) is 0. The van der Waals surface area contributed by atoms with E-state index >= 15 is 4.79 Å². The molecule has 12 nitrogen and oxygen atoms in total. The number of aliphatic hydroxyl groups is 2. The van der Waals surface area contributed by atoms with Gasteiger partial charge in [-0.05, 0) is 139 Å². The molecule has 0 aromatic heterocycles. The van der Waals surface area contributed by atoms with Gasteiger partial charge in [0.1, 0.15) is 29.9 Å². The van der Waals surface area contributed by atoms with E-state index in [0.29, 0.717) is 36.5 Å². The van der Waals surface area contributed by atoms with Gasteiger partial charge < -0.3 is 34.2 Å². The molecule has 2 aliphatic carbocycles.